The van der Waals surface area contributed by atoms with Gasteiger partial charge in [0, 0.05) is 19.0 Å². The maximum Gasteiger partial charge on any atom is 0.243 e. The van der Waals surface area contributed by atoms with Crippen molar-refractivity contribution in [2.75, 3.05) is 18.0 Å². The van der Waals surface area contributed by atoms with Gasteiger partial charge in [-0.05, 0) is 18.6 Å². The van der Waals surface area contributed by atoms with E-state index in [1.807, 2.05) is 29.2 Å². The molecule has 1 unspecified atom stereocenters. The summed E-state index contributed by atoms with van der Waals surface area (Å²) in [4.78, 5) is 10.7. The minimum Gasteiger partial charge on any atom is -0.355 e. The summed E-state index contributed by atoms with van der Waals surface area (Å²) in [7, 11) is 0. The van der Waals surface area contributed by atoms with Crippen LogP contribution in [0.25, 0.3) is 11.0 Å². The van der Waals surface area contributed by atoms with Gasteiger partial charge in [-0.2, -0.15) is 0 Å². The average Bonchev–Trinajstić information content (AvgIpc) is 2.88. The second-order valence-corrected chi connectivity index (χ2v) is 4.55. The van der Waals surface area contributed by atoms with Crippen LogP contribution in [0, 0.1) is 5.92 Å². The fourth-order valence-electron chi connectivity index (χ4n) is 2.30. The van der Waals surface area contributed by atoms with Crippen molar-refractivity contribution in [3.05, 3.63) is 30.5 Å². The minimum absolute atomic E-state index is 0.366. The maximum atomic E-state index is 12.6. The van der Waals surface area contributed by atoms with E-state index in [0.717, 1.165) is 11.0 Å². The standard InChI is InChI=1S/C13H13F2N3/c14-13(15)9-5-6-18(8-9)12-7-16-10-3-1-2-4-11(10)17-12/h1-4,7,9,13H,5-6,8H2. The molecule has 1 fully saturated rings. The Hall–Kier alpha value is -1.78. The lowest BCUT2D eigenvalue weighted by Crippen LogP contribution is -2.23. The van der Waals surface area contributed by atoms with Gasteiger partial charge in [-0.1, -0.05) is 12.1 Å². The van der Waals surface area contributed by atoms with Gasteiger partial charge >= 0.3 is 0 Å². The lowest BCUT2D eigenvalue weighted by molar-refractivity contribution is 0.0880. The van der Waals surface area contributed by atoms with Crippen molar-refractivity contribution < 1.29 is 8.78 Å². The Morgan fingerprint density at radius 1 is 1.22 bits per heavy atom. The quantitative estimate of drug-likeness (QED) is 0.819. The number of anilines is 1. The number of hydrogen-bond donors (Lipinski definition) is 0. The van der Waals surface area contributed by atoms with Crippen LogP contribution in [0.5, 0.6) is 0 Å². The fraction of sp³-hybridized carbons (Fsp3) is 0.385. The molecule has 0 amide bonds. The lowest BCUT2D eigenvalue weighted by Gasteiger charge is -2.17. The van der Waals surface area contributed by atoms with Crippen molar-refractivity contribution in [1.29, 1.82) is 0 Å². The Kier molecular flexibility index (Phi) is 2.81. The van der Waals surface area contributed by atoms with Crippen molar-refractivity contribution in [2.24, 2.45) is 5.92 Å². The topological polar surface area (TPSA) is 29.0 Å². The van der Waals surface area contributed by atoms with E-state index in [0.29, 0.717) is 25.3 Å². The molecule has 0 radical (unpaired) electrons. The molecular formula is C13H13F2N3. The number of halogens is 2. The van der Waals surface area contributed by atoms with Crippen molar-refractivity contribution in [1.82, 2.24) is 9.97 Å². The van der Waals surface area contributed by atoms with Crippen LogP contribution >= 0.6 is 0 Å². The summed E-state index contributed by atoms with van der Waals surface area (Å²) in [6.45, 7) is 0.993. The van der Waals surface area contributed by atoms with Crippen LogP contribution in [0.4, 0.5) is 14.6 Å². The Labute approximate surface area is 103 Å². The summed E-state index contributed by atoms with van der Waals surface area (Å²) >= 11 is 0. The monoisotopic (exact) mass is 249 g/mol. The van der Waals surface area contributed by atoms with E-state index in [-0.39, 0.29) is 0 Å². The van der Waals surface area contributed by atoms with E-state index >= 15 is 0 Å². The van der Waals surface area contributed by atoms with Crippen LogP contribution in [0.3, 0.4) is 0 Å². The van der Waals surface area contributed by atoms with Crippen molar-refractivity contribution in [2.45, 2.75) is 12.8 Å². The zero-order valence-corrected chi connectivity index (χ0v) is 9.76. The first kappa shape index (κ1) is 11.3. The van der Waals surface area contributed by atoms with Gasteiger partial charge in [0.25, 0.3) is 0 Å². The van der Waals surface area contributed by atoms with Gasteiger partial charge in [-0.3, -0.25) is 4.98 Å². The van der Waals surface area contributed by atoms with Gasteiger partial charge in [0.05, 0.1) is 17.2 Å². The Morgan fingerprint density at radius 2 is 2.00 bits per heavy atom. The van der Waals surface area contributed by atoms with Crippen LogP contribution in [-0.4, -0.2) is 29.5 Å². The average molecular weight is 249 g/mol. The highest BCUT2D eigenvalue weighted by atomic mass is 19.3. The normalized spacial score (nSPS) is 19.9. The molecule has 94 valence electrons. The zero-order valence-electron chi connectivity index (χ0n) is 9.76. The third-order valence-corrected chi connectivity index (χ3v) is 3.34. The number of aromatic nitrogens is 2. The van der Waals surface area contributed by atoms with Gasteiger partial charge in [0.1, 0.15) is 5.82 Å². The summed E-state index contributed by atoms with van der Waals surface area (Å²) in [5.74, 6) is 0.148. The molecule has 1 atom stereocenters. The number of benzene rings is 1. The second-order valence-electron chi connectivity index (χ2n) is 4.55. The largest absolute Gasteiger partial charge is 0.355 e. The summed E-state index contributed by atoms with van der Waals surface area (Å²) in [5.41, 5.74) is 1.63. The van der Waals surface area contributed by atoms with Gasteiger partial charge < -0.3 is 4.90 Å². The van der Waals surface area contributed by atoms with E-state index in [2.05, 4.69) is 9.97 Å². The van der Waals surface area contributed by atoms with E-state index < -0.39 is 12.3 Å². The summed E-state index contributed by atoms with van der Waals surface area (Å²) in [6, 6.07) is 7.57. The van der Waals surface area contributed by atoms with Crippen LogP contribution in [-0.2, 0) is 0 Å². The van der Waals surface area contributed by atoms with Crippen LogP contribution in [0.2, 0.25) is 0 Å². The number of rotatable bonds is 2. The molecule has 1 saturated heterocycles. The first-order chi connectivity index (χ1) is 8.74. The molecule has 5 heteroatoms. The molecule has 0 bridgehead atoms. The maximum absolute atomic E-state index is 12.6. The Balaban J connectivity index is 1.87. The first-order valence-corrected chi connectivity index (χ1v) is 5.99. The lowest BCUT2D eigenvalue weighted by atomic mass is 10.1. The molecule has 1 aliphatic heterocycles. The number of para-hydroxylation sites is 2. The molecular weight excluding hydrogens is 236 g/mol. The molecule has 0 N–H and O–H groups in total. The minimum atomic E-state index is -2.25. The van der Waals surface area contributed by atoms with Crippen molar-refractivity contribution in [3.63, 3.8) is 0 Å². The predicted octanol–water partition coefficient (Wildman–Crippen LogP) is 2.72. The molecule has 3 nitrogen and oxygen atoms in total. The second kappa shape index (κ2) is 4.48. The molecule has 0 saturated carbocycles. The van der Waals surface area contributed by atoms with Crippen LogP contribution in [0.15, 0.2) is 30.5 Å². The molecule has 18 heavy (non-hydrogen) atoms. The Bertz CT molecular complexity index is 559. The predicted molar refractivity (Wildman–Crippen MR) is 65.9 cm³/mol. The molecule has 1 aromatic heterocycles. The number of hydrogen-bond acceptors (Lipinski definition) is 3. The molecule has 0 spiro atoms. The highest BCUT2D eigenvalue weighted by Crippen LogP contribution is 2.26. The van der Waals surface area contributed by atoms with E-state index in [1.165, 1.54) is 0 Å². The van der Waals surface area contributed by atoms with E-state index in [4.69, 9.17) is 0 Å². The summed E-state index contributed by atoms with van der Waals surface area (Å²) in [6.07, 6.45) is -0.0639. The summed E-state index contributed by atoms with van der Waals surface area (Å²) in [5, 5.41) is 0. The van der Waals surface area contributed by atoms with Gasteiger partial charge in [-0.25, -0.2) is 13.8 Å². The van der Waals surface area contributed by atoms with Gasteiger partial charge in [0.2, 0.25) is 6.43 Å². The number of nitrogens with zero attached hydrogens (tertiary/aromatic N) is 3. The highest BCUT2D eigenvalue weighted by molar-refractivity contribution is 5.75. The van der Waals surface area contributed by atoms with Crippen LogP contribution < -0.4 is 4.90 Å². The molecule has 1 aromatic carbocycles. The van der Waals surface area contributed by atoms with Gasteiger partial charge in [-0.15, -0.1) is 0 Å². The number of alkyl halides is 2. The molecule has 2 aromatic rings. The molecule has 3 rings (SSSR count). The van der Waals surface area contributed by atoms with E-state index in [1.54, 1.807) is 6.20 Å². The van der Waals surface area contributed by atoms with Crippen LogP contribution in [0.1, 0.15) is 6.42 Å². The third-order valence-electron chi connectivity index (χ3n) is 3.34. The van der Waals surface area contributed by atoms with Crippen molar-refractivity contribution in [3.8, 4) is 0 Å². The van der Waals surface area contributed by atoms with Gasteiger partial charge in [0.15, 0.2) is 0 Å². The highest BCUT2D eigenvalue weighted by Gasteiger charge is 2.30. The molecule has 0 aliphatic carbocycles. The molecule has 2 heterocycles. The smallest absolute Gasteiger partial charge is 0.243 e. The zero-order chi connectivity index (χ0) is 12.5. The van der Waals surface area contributed by atoms with E-state index in [9.17, 15) is 8.78 Å². The molecule has 1 aliphatic rings. The Morgan fingerprint density at radius 3 is 2.72 bits per heavy atom. The summed E-state index contributed by atoms with van der Waals surface area (Å²) < 4.78 is 25.2. The van der Waals surface area contributed by atoms with Crippen molar-refractivity contribution >= 4 is 16.9 Å². The first-order valence-electron chi connectivity index (χ1n) is 5.99. The SMILES string of the molecule is FC(F)C1CCN(c2cnc3ccccc3n2)C1. The fourth-order valence-corrected chi connectivity index (χ4v) is 2.30. The number of fused-ring (bicyclic) bond motifs is 1. The third kappa shape index (κ3) is 2.00.